The second-order valence-corrected chi connectivity index (χ2v) is 7.75. The van der Waals surface area contributed by atoms with E-state index in [4.69, 9.17) is 7.16 Å². The molecule has 29 heavy (non-hydrogen) atoms. The summed E-state index contributed by atoms with van der Waals surface area (Å²) in [7, 11) is 0. The molecule has 0 fully saturated rings. The van der Waals surface area contributed by atoms with Gasteiger partial charge in [-0.3, -0.25) is 4.98 Å². The molecule has 2 nitrogen and oxygen atoms in total. The number of hydrogen-bond donors (Lipinski definition) is 0. The average Bonchev–Trinajstić information content (AvgIpc) is 3.17. The third-order valence-electron chi connectivity index (χ3n) is 5.47. The van der Waals surface area contributed by atoms with Gasteiger partial charge in [0.2, 0.25) is 0 Å². The topological polar surface area (TPSA) is 26.0 Å². The van der Waals surface area contributed by atoms with E-state index in [1.54, 1.807) is 0 Å². The molecule has 0 N–H and O–H groups in total. The summed E-state index contributed by atoms with van der Waals surface area (Å²) in [4.78, 5) is 4.61. The summed E-state index contributed by atoms with van der Waals surface area (Å²) in [5.74, 6) is 0.436. The summed E-state index contributed by atoms with van der Waals surface area (Å²) in [6, 6.07) is 24.3. The Bertz CT molecular complexity index is 1380. The zero-order valence-corrected chi connectivity index (χ0v) is 16.5. The predicted octanol–water partition coefficient (Wildman–Crippen LogP) is 7.75. The number of benzene rings is 3. The van der Waals surface area contributed by atoms with Gasteiger partial charge in [0, 0.05) is 25.3 Å². The lowest BCUT2D eigenvalue weighted by atomic mass is 10.00. The molecule has 2 aromatic heterocycles. The largest absolute Gasteiger partial charge is 0.455 e. The smallest absolute Gasteiger partial charge is 0.144 e. The molecule has 5 aromatic rings. The molecule has 0 spiro atoms. The van der Waals surface area contributed by atoms with Crippen LogP contribution in [0.2, 0.25) is 0 Å². The molecule has 0 saturated carbocycles. The van der Waals surface area contributed by atoms with E-state index in [9.17, 15) is 0 Å². The molecule has 0 radical (unpaired) electrons. The van der Waals surface area contributed by atoms with Gasteiger partial charge in [0.1, 0.15) is 11.2 Å². The molecule has 5 rings (SSSR count). The maximum absolute atomic E-state index is 7.54. The maximum atomic E-state index is 7.54. The maximum Gasteiger partial charge on any atom is 0.144 e. The third kappa shape index (κ3) is 3.11. The van der Waals surface area contributed by atoms with E-state index in [-0.39, 0.29) is 0 Å². The van der Waals surface area contributed by atoms with Crippen molar-refractivity contribution in [2.24, 2.45) is 0 Å². The van der Waals surface area contributed by atoms with E-state index in [1.165, 1.54) is 5.56 Å². The monoisotopic (exact) mass is 379 g/mol. The van der Waals surface area contributed by atoms with Gasteiger partial charge < -0.3 is 4.42 Å². The fourth-order valence-corrected chi connectivity index (χ4v) is 3.81. The number of aromatic nitrogens is 1. The van der Waals surface area contributed by atoms with Crippen molar-refractivity contribution in [3.8, 4) is 22.4 Å². The van der Waals surface area contributed by atoms with Crippen LogP contribution in [0.5, 0.6) is 0 Å². The fraction of sp³-hybridized carbons (Fsp3) is 0.148. The zero-order chi connectivity index (χ0) is 21.5. The standard InChI is InChI=1S/C27H23NO/c1-17(2)20-13-14-28-25(15-20)24-6-4-5-23-22-12-11-21(16-26(22)29-27(23)24)19-9-7-18(3)8-10-19/h4-17H,1-3H3/i3D2. The average molecular weight is 379 g/mol. The third-order valence-corrected chi connectivity index (χ3v) is 5.47. The van der Waals surface area contributed by atoms with E-state index in [2.05, 4.69) is 67.4 Å². The molecule has 0 bridgehead atoms. The van der Waals surface area contributed by atoms with Gasteiger partial charge in [-0.15, -0.1) is 0 Å². The molecule has 3 aromatic carbocycles. The molecule has 142 valence electrons. The van der Waals surface area contributed by atoms with Crippen LogP contribution in [-0.2, 0) is 0 Å². The number of fused-ring (bicyclic) bond motifs is 3. The van der Waals surface area contributed by atoms with Gasteiger partial charge in [-0.2, -0.15) is 0 Å². The van der Waals surface area contributed by atoms with E-state index < -0.39 is 6.88 Å². The van der Waals surface area contributed by atoms with Gasteiger partial charge in [-0.1, -0.05) is 61.9 Å². The Morgan fingerprint density at radius 1 is 0.862 bits per heavy atom. The number of furan rings is 1. The first-order valence-electron chi connectivity index (χ1n) is 11.0. The SMILES string of the molecule is [2H]C([2H])c1ccc(-c2ccc3c(c2)oc2c(-c4cc(C(C)C)ccn4)cccc23)cc1. The quantitative estimate of drug-likeness (QED) is 0.320. The van der Waals surface area contributed by atoms with E-state index in [0.717, 1.165) is 44.3 Å². The van der Waals surface area contributed by atoms with Crippen LogP contribution in [0.15, 0.2) is 83.4 Å². The van der Waals surface area contributed by atoms with Crippen LogP contribution in [0.3, 0.4) is 0 Å². The summed E-state index contributed by atoms with van der Waals surface area (Å²) in [6.45, 7) is 3.40. The van der Waals surface area contributed by atoms with Gasteiger partial charge in [0.05, 0.1) is 5.69 Å². The molecule has 0 atom stereocenters. The van der Waals surface area contributed by atoms with Crippen molar-refractivity contribution in [3.05, 3.63) is 90.1 Å². The van der Waals surface area contributed by atoms with E-state index in [0.29, 0.717) is 11.5 Å². The zero-order valence-electron chi connectivity index (χ0n) is 18.5. The number of hydrogen-bond acceptors (Lipinski definition) is 2. The molecule has 0 unspecified atom stereocenters. The molecule has 2 heterocycles. The van der Waals surface area contributed by atoms with Gasteiger partial charge >= 0.3 is 0 Å². The molecular formula is C27H23NO. The van der Waals surface area contributed by atoms with Crippen molar-refractivity contribution in [2.75, 3.05) is 0 Å². The van der Waals surface area contributed by atoms with Crippen molar-refractivity contribution in [1.82, 2.24) is 4.98 Å². The second kappa shape index (κ2) is 6.89. The molecule has 0 saturated heterocycles. The summed E-state index contributed by atoms with van der Waals surface area (Å²) >= 11 is 0. The number of pyridine rings is 1. The lowest BCUT2D eigenvalue weighted by molar-refractivity contribution is 0.670. The summed E-state index contributed by atoms with van der Waals surface area (Å²) in [5.41, 5.74) is 7.64. The van der Waals surface area contributed by atoms with Crippen LogP contribution < -0.4 is 0 Å². The van der Waals surface area contributed by atoms with Crippen molar-refractivity contribution in [2.45, 2.75) is 26.6 Å². The number of nitrogens with zero attached hydrogens (tertiary/aromatic N) is 1. The van der Waals surface area contributed by atoms with Crippen LogP contribution in [0.1, 0.15) is 33.6 Å². The van der Waals surface area contributed by atoms with E-state index >= 15 is 0 Å². The molecule has 0 aliphatic carbocycles. The van der Waals surface area contributed by atoms with Crippen LogP contribution in [0, 0.1) is 6.88 Å². The van der Waals surface area contributed by atoms with Gasteiger partial charge in [0.15, 0.2) is 0 Å². The summed E-state index contributed by atoms with van der Waals surface area (Å²) in [5, 5.41) is 2.16. The minimum atomic E-state index is -0.965. The Kier molecular flexibility index (Phi) is 3.69. The number of aryl methyl sites for hydroxylation is 1. The van der Waals surface area contributed by atoms with Crippen LogP contribution >= 0.6 is 0 Å². The Balaban J connectivity index is 1.63. The van der Waals surface area contributed by atoms with Gasteiger partial charge in [0.25, 0.3) is 0 Å². The lowest BCUT2D eigenvalue weighted by Crippen LogP contribution is -1.90. The van der Waals surface area contributed by atoms with Crippen molar-refractivity contribution in [3.63, 3.8) is 0 Å². The van der Waals surface area contributed by atoms with Gasteiger partial charge in [-0.25, -0.2) is 0 Å². The minimum absolute atomic E-state index is 0.436. The second-order valence-electron chi connectivity index (χ2n) is 7.75. The highest BCUT2D eigenvalue weighted by atomic mass is 16.3. The summed E-state index contributed by atoms with van der Waals surface area (Å²) < 4.78 is 21.4. The molecule has 0 aliphatic heterocycles. The van der Waals surface area contributed by atoms with Crippen molar-refractivity contribution in [1.29, 1.82) is 0 Å². The van der Waals surface area contributed by atoms with Crippen molar-refractivity contribution >= 4 is 21.9 Å². The lowest BCUT2D eigenvalue weighted by Gasteiger charge is -2.07. The fourth-order valence-electron chi connectivity index (χ4n) is 3.81. The Hall–Kier alpha value is -3.39. The Morgan fingerprint density at radius 3 is 2.48 bits per heavy atom. The minimum Gasteiger partial charge on any atom is -0.455 e. The van der Waals surface area contributed by atoms with Crippen LogP contribution in [0.25, 0.3) is 44.3 Å². The van der Waals surface area contributed by atoms with E-state index in [1.807, 2.05) is 30.5 Å². The first-order chi connectivity index (χ1) is 15.0. The first-order valence-corrected chi connectivity index (χ1v) is 9.87. The highest BCUT2D eigenvalue weighted by molar-refractivity contribution is 6.10. The Labute approximate surface area is 173 Å². The summed E-state index contributed by atoms with van der Waals surface area (Å²) in [6.07, 6.45) is 1.87. The molecule has 0 aliphatic rings. The van der Waals surface area contributed by atoms with Gasteiger partial charge in [-0.05, 0) is 59.8 Å². The predicted molar refractivity (Wildman–Crippen MR) is 121 cm³/mol. The molecule has 0 amide bonds. The highest BCUT2D eigenvalue weighted by Crippen LogP contribution is 2.37. The number of para-hydroxylation sites is 1. The van der Waals surface area contributed by atoms with Crippen LogP contribution in [0.4, 0.5) is 0 Å². The van der Waals surface area contributed by atoms with Crippen molar-refractivity contribution < 1.29 is 7.16 Å². The molecule has 2 heteroatoms. The highest BCUT2D eigenvalue weighted by Gasteiger charge is 2.14. The Morgan fingerprint density at radius 2 is 1.69 bits per heavy atom. The van der Waals surface area contributed by atoms with Crippen LogP contribution in [-0.4, -0.2) is 4.98 Å². The number of rotatable bonds is 3. The molecular weight excluding hydrogens is 354 g/mol. The normalized spacial score (nSPS) is 12.7. The first kappa shape index (κ1) is 15.5.